The topological polar surface area (TPSA) is 41.1 Å². The molecule has 1 amide bonds. The Labute approximate surface area is 122 Å². The molecule has 5 heteroatoms. The lowest BCUT2D eigenvalue weighted by Crippen LogP contribution is -2.28. The van der Waals surface area contributed by atoms with Crippen molar-refractivity contribution in [2.24, 2.45) is 0 Å². The Bertz CT molecular complexity index is 627. The second kappa shape index (κ2) is 6.95. The summed E-state index contributed by atoms with van der Waals surface area (Å²) in [5, 5.41) is 5.35. The van der Waals surface area contributed by atoms with Gasteiger partial charge in [0.05, 0.1) is 12.2 Å². The number of benzene rings is 2. The molecule has 0 aliphatic carbocycles. The van der Waals surface area contributed by atoms with Crippen LogP contribution in [0.3, 0.4) is 0 Å². The van der Waals surface area contributed by atoms with Gasteiger partial charge < -0.3 is 10.6 Å². The van der Waals surface area contributed by atoms with Crippen LogP contribution in [0.5, 0.6) is 0 Å². The standard InChI is InChI=1S/C16H16F2N2O/c1-11-2-4-12(5-3-11)9-19-10-16(21)20-15-7-6-13(17)8-14(15)18/h2-8,19H,9-10H2,1H3,(H,20,21). The Kier molecular flexibility index (Phi) is 5.00. The Morgan fingerprint density at radius 2 is 1.81 bits per heavy atom. The van der Waals surface area contributed by atoms with Crippen molar-refractivity contribution in [3.8, 4) is 0 Å². The first-order valence-electron chi connectivity index (χ1n) is 6.56. The van der Waals surface area contributed by atoms with Crippen LogP contribution in [0.1, 0.15) is 11.1 Å². The van der Waals surface area contributed by atoms with E-state index < -0.39 is 11.6 Å². The van der Waals surface area contributed by atoms with Crippen LogP contribution in [0.4, 0.5) is 14.5 Å². The Morgan fingerprint density at radius 1 is 1.10 bits per heavy atom. The Balaban J connectivity index is 1.81. The largest absolute Gasteiger partial charge is 0.322 e. The van der Waals surface area contributed by atoms with Gasteiger partial charge in [-0.05, 0) is 24.6 Å². The van der Waals surface area contributed by atoms with Gasteiger partial charge in [-0.25, -0.2) is 8.78 Å². The third kappa shape index (κ3) is 4.65. The van der Waals surface area contributed by atoms with Crippen LogP contribution in [-0.2, 0) is 11.3 Å². The highest BCUT2D eigenvalue weighted by Gasteiger charge is 2.07. The normalized spacial score (nSPS) is 10.4. The number of rotatable bonds is 5. The summed E-state index contributed by atoms with van der Waals surface area (Å²) in [6, 6.07) is 11.0. The molecule has 0 aromatic heterocycles. The third-order valence-corrected chi connectivity index (χ3v) is 2.94. The van der Waals surface area contributed by atoms with E-state index in [1.54, 1.807) is 0 Å². The molecular weight excluding hydrogens is 274 g/mol. The number of carbonyl (C=O) groups is 1. The number of amides is 1. The number of aryl methyl sites for hydroxylation is 1. The van der Waals surface area contributed by atoms with E-state index in [1.165, 1.54) is 11.6 Å². The first-order valence-corrected chi connectivity index (χ1v) is 6.56. The first-order chi connectivity index (χ1) is 10.0. The van der Waals surface area contributed by atoms with Crippen LogP contribution in [-0.4, -0.2) is 12.5 Å². The van der Waals surface area contributed by atoms with Crippen molar-refractivity contribution in [1.82, 2.24) is 5.32 Å². The molecule has 0 aliphatic heterocycles. The van der Waals surface area contributed by atoms with Crippen molar-refractivity contribution in [2.75, 3.05) is 11.9 Å². The molecule has 0 heterocycles. The van der Waals surface area contributed by atoms with Gasteiger partial charge in [-0.1, -0.05) is 29.8 Å². The molecule has 0 fully saturated rings. The van der Waals surface area contributed by atoms with Gasteiger partial charge in [0.1, 0.15) is 11.6 Å². The number of hydrogen-bond acceptors (Lipinski definition) is 2. The highest BCUT2D eigenvalue weighted by atomic mass is 19.1. The van der Waals surface area contributed by atoms with Gasteiger partial charge in [0.15, 0.2) is 0 Å². The first kappa shape index (κ1) is 15.1. The van der Waals surface area contributed by atoms with Crippen molar-refractivity contribution >= 4 is 11.6 Å². The molecule has 0 spiro atoms. The lowest BCUT2D eigenvalue weighted by Gasteiger charge is -2.08. The van der Waals surface area contributed by atoms with Gasteiger partial charge in [-0.3, -0.25) is 4.79 Å². The number of halogens is 2. The Hall–Kier alpha value is -2.27. The van der Waals surface area contributed by atoms with E-state index in [0.717, 1.165) is 17.7 Å². The lowest BCUT2D eigenvalue weighted by atomic mass is 10.1. The van der Waals surface area contributed by atoms with Crippen molar-refractivity contribution in [1.29, 1.82) is 0 Å². The fourth-order valence-corrected chi connectivity index (χ4v) is 1.81. The van der Waals surface area contributed by atoms with E-state index in [4.69, 9.17) is 0 Å². The van der Waals surface area contributed by atoms with E-state index in [2.05, 4.69) is 10.6 Å². The van der Waals surface area contributed by atoms with Crippen LogP contribution in [0, 0.1) is 18.6 Å². The molecular formula is C16H16F2N2O. The quantitative estimate of drug-likeness (QED) is 0.889. The summed E-state index contributed by atoms with van der Waals surface area (Å²) in [7, 11) is 0. The SMILES string of the molecule is Cc1ccc(CNCC(=O)Nc2ccc(F)cc2F)cc1. The zero-order valence-corrected chi connectivity index (χ0v) is 11.6. The van der Waals surface area contributed by atoms with E-state index in [-0.39, 0.29) is 18.1 Å². The number of nitrogens with one attached hydrogen (secondary N) is 2. The second-order valence-electron chi connectivity index (χ2n) is 4.76. The molecule has 0 saturated carbocycles. The van der Waals surface area contributed by atoms with Crippen LogP contribution in [0.25, 0.3) is 0 Å². The molecule has 0 radical (unpaired) electrons. The number of hydrogen-bond donors (Lipinski definition) is 2. The van der Waals surface area contributed by atoms with Crippen LogP contribution in [0.2, 0.25) is 0 Å². The molecule has 2 aromatic rings. The zero-order chi connectivity index (χ0) is 15.2. The minimum atomic E-state index is -0.790. The average molecular weight is 290 g/mol. The molecule has 0 unspecified atom stereocenters. The molecule has 2 aromatic carbocycles. The summed E-state index contributed by atoms with van der Waals surface area (Å²) in [4.78, 5) is 11.7. The van der Waals surface area contributed by atoms with E-state index in [0.29, 0.717) is 6.54 Å². The van der Waals surface area contributed by atoms with Gasteiger partial charge >= 0.3 is 0 Å². The summed E-state index contributed by atoms with van der Waals surface area (Å²) < 4.78 is 26.1. The molecule has 21 heavy (non-hydrogen) atoms. The molecule has 0 bridgehead atoms. The molecule has 2 rings (SSSR count). The van der Waals surface area contributed by atoms with Crippen LogP contribution in [0.15, 0.2) is 42.5 Å². The van der Waals surface area contributed by atoms with Crippen molar-refractivity contribution in [2.45, 2.75) is 13.5 Å². The predicted octanol–water partition coefficient (Wildman–Crippen LogP) is 3.00. The van der Waals surface area contributed by atoms with Gasteiger partial charge in [0.2, 0.25) is 5.91 Å². The average Bonchev–Trinajstić information content (AvgIpc) is 2.44. The molecule has 110 valence electrons. The molecule has 0 atom stereocenters. The van der Waals surface area contributed by atoms with Crippen molar-refractivity contribution in [3.05, 3.63) is 65.2 Å². The highest BCUT2D eigenvalue weighted by Crippen LogP contribution is 2.14. The fourth-order valence-electron chi connectivity index (χ4n) is 1.81. The monoisotopic (exact) mass is 290 g/mol. The smallest absolute Gasteiger partial charge is 0.238 e. The van der Waals surface area contributed by atoms with Gasteiger partial charge in [-0.2, -0.15) is 0 Å². The highest BCUT2D eigenvalue weighted by molar-refractivity contribution is 5.92. The second-order valence-corrected chi connectivity index (χ2v) is 4.76. The number of anilines is 1. The van der Waals surface area contributed by atoms with E-state index in [9.17, 15) is 13.6 Å². The lowest BCUT2D eigenvalue weighted by molar-refractivity contribution is -0.115. The van der Waals surface area contributed by atoms with E-state index in [1.807, 2.05) is 31.2 Å². The maximum Gasteiger partial charge on any atom is 0.238 e. The van der Waals surface area contributed by atoms with Crippen molar-refractivity contribution < 1.29 is 13.6 Å². The minimum absolute atomic E-state index is 0.0291. The summed E-state index contributed by atoms with van der Waals surface area (Å²) in [5.74, 6) is -1.85. The minimum Gasteiger partial charge on any atom is -0.322 e. The summed E-state index contributed by atoms with van der Waals surface area (Å²) >= 11 is 0. The van der Waals surface area contributed by atoms with E-state index >= 15 is 0 Å². The predicted molar refractivity (Wildman–Crippen MR) is 77.9 cm³/mol. The summed E-state index contributed by atoms with van der Waals surface area (Å²) in [6.07, 6.45) is 0. The number of carbonyl (C=O) groups excluding carboxylic acids is 1. The third-order valence-electron chi connectivity index (χ3n) is 2.94. The van der Waals surface area contributed by atoms with Crippen molar-refractivity contribution in [3.63, 3.8) is 0 Å². The van der Waals surface area contributed by atoms with Crippen LogP contribution >= 0.6 is 0 Å². The van der Waals surface area contributed by atoms with Gasteiger partial charge in [0.25, 0.3) is 0 Å². The summed E-state index contributed by atoms with van der Waals surface area (Å²) in [6.45, 7) is 2.59. The van der Waals surface area contributed by atoms with Gasteiger partial charge in [0, 0.05) is 12.6 Å². The fraction of sp³-hybridized carbons (Fsp3) is 0.188. The Morgan fingerprint density at radius 3 is 2.48 bits per heavy atom. The molecule has 0 aliphatic rings. The van der Waals surface area contributed by atoms with Crippen LogP contribution < -0.4 is 10.6 Å². The maximum absolute atomic E-state index is 13.4. The van der Waals surface area contributed by atoms with Gasteiger partial charge in [-0.15, -0.1) is 0 Å². The maximum atomic E-state index is 13.4. The molecule has 0 saturated heterocycles. The molecule has 2 N–H and O–H groups in total. The summed E-state index contributed by atoms with van der Waals surface area (Å²) in [5.41, 5.74) is 2.20. The molecule has 3 nitrogen and oxygen atoms in total. The zero-order valence-electron chi connectivity index (χ0n) is 11.6.